The van der Waals surface area contributed by atoms with Gasteiger partial charge < -0.3 is 5.32 Å². The minimum Gasteiger partial charge on any atom is -0.344 e. The molecule has 3 aromatic rings. The average molecular weight is 416 g/mol. The van der Waals surface area contributed by atoms with E-state index in [9.17, 15) is 0 Å². The van der Waals surface area contributed by atoms with Crippen LogP contribution in [0.15, 0.2) is 90.7 Å². The number of anilines is 1. The summed E-state index contributed by atoms with van der Waals surface area (Å²) in [6, 6.07) is 18.6. The predicted molar refractivity (Wildman–Crippen MR) is 130 cm³/mol. The van der Waals surface area contributed by atoms with E-state index in [4.69, 9.17) is 0 Å². The summed E-state index contributed by atoms with van der Waals surface area (Å²) in [6.07, 6.45) is 4.44. The van der Waals surface area contributed by atoms with Crippen molar-refractivity contribution in [1.29, 1.82) is 0 Å². The molecule has 0 atom stereocenters. The van der Waals surface area contributed by atoms with Crippen LogP contribution in [0.3, 0.4) is 0 Å². The van der Waals surface area contributed by atoms with Gasteiger partial charge >= 0.3 is 0 Å². The lowest BCUT2D eigenvalue weighted by Crippen LogP contribution is -2.20. The molecule has 0 fully saturated rings. The Morgan fingerprint density at radius 2 is 1.77 bits per heavy atom. The van der Waals surface area contributed by atoms with Gasteiger partial charge in [-0.15, -0.1) is 11.8 Å². The van der Waals surface area contributed by atoms with Gasteiger partial charge in [-0.25, -0.2) is 4.98 Å². The number of rotatable bonds is 9. The van der Waals surface area contributed by atoms with Crippen molar-refractivity contribution >= 4 is 23.2 Å². The van der Waals surface area contributed by atoms with E-state index in [0.29, 0.717) is 0 Å². The molecule has 3 nitrogen and oxygen atoms in total. The van der Waals surface area contributed by atoms with Gasteiger partial charge in [0.15, 0.2) is 0 Å². The summed E-state index contributed by atoms with van der Waals surface area (Å²) in [5.74, 6) is 1.87. The van der Waals surface area contributed by atoms with E-state index in [1.165, 1.54) is 10.5 Å². The maximum Gasteiger partial charge on any atom is 0.130 e. The van der Waals surface area contributed by atoms with Gasteiger partial charge in [-0.2, -0.15) is 0 Å². The maximum absolute atomic E-state index is 4.57. The second-order valence-corrected chi connectivity index (χ2v) is 9.07. The zero-order chi connectivity index (χ0) is 21.6. The smallest absolute Gasteiger partial charge is 0.130 e. The molecule has 0 spiro atoms. The van der Waals surface area contributed by atoms with E-state index >= 15 is 0 Å². The molecule has 0 saturated heterocycles. The fraction of sp³-hybridized carbons (Fsp3) is 0.231. The fourth-order valence-corrected chi connectivity index (χ4v) is 3.90. The number of allylic oxidation sites excluding steroid dienone is 2. The van der Waals surface area contributed by atoms with Crippen LogP contribution in [0.5, 0.6) is 0 Å². The van der Waals surface area contributed by atoms with Crippen molar-refractivity contribution in [3.8, 4) is 0 Å². The third-order valence-corrected chi connectivity index (χ3v) is 6.02. The van der Waals surface area contributed by atoms with E-state index in [2.05, 4.69) is 73.5 Å². The molecule has 1 N–H and O–H groups in total. The Kier molecular flexibility index (Phi) is 7.11. The van der Waals surface area contributed by atoms with E-state index in [-0.39, 0.29) is 5.41 Å². The van der Waals surface area contributed by atoms with Crippen LogP contribution < -0.4 is 5.32 Å². The molecule has 0 bridgehead atoms. The molecular weight excluding hydrogens is 386 g/mol. The van der Waals surface area contributed by atoms with Crippen LogP contribution in [0, 0.1) is 0 Å². The molecule has 2 heterocycles. The molecule has 2 aromatic heterocycles. The molecular formula is C26H29N3S. The van der Waals surface area contributed by atoms with Gasteiger partial charge in [-0.3, -0.25) is 4.98 Å². The Bertz CT molecular complexity index is 991. The highest BCUT2D eigenvalue weighted by atomic mass is 32.2. The van der Waals surface area contributed by atoms with E-state index in [0.717, 1.165) is 40.5 Å². The van der Waals surface area contributed by atoms with E-state index < -0.39 is 0 Å². The molecule has 1 aromatic carbocycles. The Morgan fingerprint density at radius 3 is 2.37 bits per heavy atom. The molecule has 154 valence electrons. The second-order valence-electron chi connectivity index (χ2n) is 7.73. The monoisotopic (exact) mass is 415 g/mol. The van der Waals surface area contributed by atoms with Crippen molar-refractivity contribution in [3.63, 3.8) is 0 Å². The molecule has 30 heavy (non-hydrogen) atoms. The first kappa shape index (κ1) is 21.8. The predicted octanol–water partition coefficient (Wildman–Crippen LogP) is 6.75. The molecule has 0 aliphatic carbocycles. The Hall–Kier alpha value is -2.85. The maximum atomic E-state index is 4.57. The van der Waals surface area contributed by atoms with Crippen molar-refractivity contribution in [2.45, 2.75) is 37.5 Å². The van der Waals surface area contributed by atoms with Crippen molar-refractivity contribution < 1.29 is 0 Å². The van der Waals surface area contributed by atoms with Crippen LogP contribution in [0.4, 0.5) is 5.82 Å². The van der Waals surface area contributed by atoms with Gasteiger partial charge in [-0.1, -0.05) is 52.1 Å². The number of pyridine rings is 2. The number of thioether (sulfide) groups is 1. The average Bonchev–Trinajstić information content (AvgIpc) is 2.76. The molecule has 0 radical (unpaired) electrons. The normalized spacial score (nSPS) is 11.2. The molecule has 3 rings (SSSR count). The van der Waals surface area contributed by atoms with Gasteiger partial charge in [-0.05, 0) is 58.9 Å². The summed E-state index contributed by atoms with van der Waals surface area (Å²) >= 11 is 1.85. The summed E-state index contributed by atoms with van der Waals surface area (Å²) in [5.41, 5.74) is 4.86. The number of nitrogens with one attached hydrogen (secondary N) is 1. The zero-order valence-electron chi connectivity index (χ0n) is 18.0. The minimum atomic E-state index is -0.274. The molecule has 0 aliphatic rings. The number of nitrogens with zero attached hydrogens (tertiary/aromatic N) is 2. The summed E-state index contributed by atoms with van der Waals surface area (Å²) in [5, 5.41) is 3.31. The molecule has 0 aliphatic heterocycles. The van der Waals surface area contributed by atoms with Crippen LogP contribution in [0.25, 0.3) is 5.57 Å². The van der Waals surface area contributed by atoms with Crippen LogP contribution in [0.2, 0.25) is 0 Å². The third kappa shape index (κ3) is 5.39. The van der Waals surface area contributed by atoms with Gasteiger partial charge in [0.1, 0.15) is 5.82 Å². The first-order chi connectivity index (χ1) is 14.4. The van der Waals surface area contributed by atoms with Gasteiger partial charge in [0.05, 0.1) is 5.69 Å². The highest BCUT2D eigenvalue weighted by Crippen LogP contribution is 2.35. The van der Waals surface area contributed by atoms with Gasteiger partial charge in [0.25, 0.3) is 0 Å². The summed E-state index contributed by atoms with van der Waals surface area (Å²) in [4.78, 5) is 10.4. The minimum absolute atomic E-state index is 0.274. The first-order valence-electron chi connectivity index (χ1n) is 10.1. The molecule has 0 saturated carbocycles. The lowest BCUT2D eigenvalue weighted by Gasteiger charge is -2.27. The number of hydrogen-bond acceptors (Lipinski definition) is 4. The van der Waals surface area contributed by atoms with Gasteiger partial charge in [0.2, 0.25) is 0 Å². The van der Waals surface area contributed by atoms with Gasteiger partial charge in [0, 0.05) is 34.8 Å². The summed E-state index contributed by atoms with van der Waals surface area (Å²) in [6.45, 7) is 14.9. The van der Waals surface area contributed by atoms with E-state index in [1.54, 1.807) is 0 Å². The Morgan fingerprint density at radius 1 is 1.00 bits per heavy atom. The first-order valence-corrected chi connectivity index (χ1v) is 11.1. The second kappa shape index (κ2) is 9.77. The van der Waals surface area contributed by atoms with Crippen molar-refractivity contribution in [1.82, 2.24) is 9.97 Å². The lowest BCUT2D eigenvalue weighted by molar-refractivity contribution is 0.665. The quantitative estimate of drug-likeness (QED) is 0.392. The topological polar surface area (TPSA) is 37.8 Å². The third-order valence-electron chi connectivity index (χ3n) is 5.13. The Balaban J connectivity index is 1.62. The molecule has 4 heteroatoms. The summed E-state index contributed by atoms with van der Waals surface area (Å²) < 4.78 is 0. The number of hydrogen-bond donors (Lipinski definition) is 1. The highest BCUT2D eigenvalue weighted by molar-refractivity contribution is 7.99. The SMILES string of the molecule is C=C(Cc1ccc(SCC)cc1)Nc1ccc(C(=C)C(C)(C)c2ccccn2)cn1. The number of benzene rings is 1. The number of aromatic nitrogens is 2. The van der Waals surface area contributed by atoms with Crippen LogP contribution in [-0.2, 0) is 11.8 Å². The summed E-state index contributed by atoms with van der Waals surface area (Å²) in [7, 11) is 0. The Labute approximate surface area is 184 Å². The lowest BCUT2D eigenvalue weighted by atomic mass is 9.78. The van der Waals surface area contributed by atoms with Crippen molar-refractivity contribution in [2.75, 3.05) is 11.1 Å². The molecule has 0 amide bonds. The van der Waals surface area contributed by atoms with E-state index in [1.807, 2.05) is 54.5 Å². The van der Waals surface area contributed by atoms with Crippen LogP contribution in [-0.4, -0.2) is 15.7 Å². The zero-order valence-corrected chi connectivity index (χ0v) is 18.8. The highest BCUT2D eigenvalue weighted by Gasteiger charge is 2.26. The molecule has 0 unspecified atom stereocenters. The van der Waals surface area contributed by atoms with Crippen molar-refractivity contribution in [3.05, 3.63) is 103 Å². The van der Waals surface area contributed by atoms with Crippen LogP contribution >= 0.6 is 11.8 Å². The van der Waals surface area contributed by atoms with Crippen molar-refractivity contribution in [2.24, 2.45) is 0 Å². The van der Waals surface area contributed by atoms with Crippen LogP contribution in [0.1, 0.15) is 37.6 Å². The largest absolute Gasteiger partial charge is 0.344 e. The fourth-order valence-electron chi connectivity index (χ4n) is 3.24. The standard InChI is InChI=1S/C26H29N3S/c1-6-30-23-13-10-21(11-14-23)17-19(2)29-25-15-12-22(18-28-25)20(3)26(4,5)24-9-7-8-16-27-24/h7-16,18H,2-3,6,17H2,1,4-5H3,(H,28,29).